The predicted molar refractivity (Wildman–Crippen MR) is 93.6 cm³/mol. The van der Waals surface area contributed by atoms with Crippen molar-refractivity contribution in [3.63, 3.8) is 0 Å². The van der Waals surface area contributed by atoms with E-state index in [1.54, 1.807) is 6.20 Å². The van der Waals surface area contributed by atoms with Crippen LogP contribution >= 0.6 is 0 Å². The van der Waals surface area contributed by atoms with Crippen LogP contribution in [0.25, 0.3) is 22.6 Å². The molecule has 1 fully saturated rings. The summed E-state index contributed by atoms with van der Waals surface area (Å²) in [6.07, 6.45) is 6.13. The third kappa shape index (κ3) is 2.96. The molecule has 1 aliphatic heterocycles. The molecular formula is C16H22N8O. The Morgan fingerprint density at radius 1 is 1.40 bits per heavy atom. The molecular weight excluding hydrogens is 320 g/mol. The highest BCUT2D eigenvalue weighted by Gasteiger charge is 2.20. The summed E-state index contributed by atoms with van der Waals surface area (Å²) in [5.41, 5.74) is 9.28. The molecule has 0 aromatic carbocycles. The zero-order valence-corrected chi connectivity index (χ0v) is 14.2. The van der Waals surface area contributed by atoms with Gasteiger partial charge >= 0.3 is 0 Å². The molecule has 0 amide bonds. The smallest absolute Gasteiger partial charge is 0.199 e. The summed E-state index contributed by atoms with van der Waals surface area (Å²) in [4.78, 5) is 8.98. The summed E-state index contributed by atoms with van der Waals surface area (Å²) >= 11 is 0. The highest BCUT2D eigenvalue weighted by atomic mass is 16.6. The second-order valence-electron chi connectivity index (χ2n) is 6.27. The van der Waals surface area contributed by atoms with Crippen LogP contribution in [0, 0.1) is 0 Å². The van der Waals surface area contributed by atoms with E-state index < -0.39 is 0 Å². The Labute approximate surface area is 145 Å². The molecule has 132 valence electrons. The largest absolute Gasteiger partial charge is 0.379 e. The first-order valence-electron chi connectivity index (χ1n) is 8.63. The number of aryl methyl sites for hydroxylation is 1. The van der Waals surface area contributed by atoms with Crippen LogP contribution in [0.5, 0.6) is 0 Å². The van der Waals surface area contributed by atoms with Crippen molar-refractivity contribution in [1.29, 1.82) is 0 Å². The highest BCUT2D eigenvalue weighted by molar-refractivity contribution is 5.83. The molecule has 4 rings (SSSR count). The van der Waals surface area contributed by atoms with Gasteiger partial charge in [-0.05, 0) is 36.6 Å². The fourth-order valence-corrected chi connectivity index (χ4v) is 3.44. The Morgan fingerprint density at radius 3 is 3.04 bits per heavy atom. The second kappa shape index (κ2) is 6.77. The molecule has 0 spiro atoms. The number of hydrogen-bond donors (Lipinski definition) is 3. The van der Waals surface area contributed by atoms with Gasteiger partial charge in [0.15, 0.2) is 17.3 Å². The lowest BCUT2D eigenvalue weighted by Crippen LogP contribution is -2.33. The van der Waals surface area contributed by atoms with Crippen molar-refractivity contribution >= 4 is 16.9 Å². The average Bonchev–Trinajstić information content (AvgIpc) is 3.33. The molecule has 9 heteroatoms. The van der Waals surface area contributed by atoms with E-state index in [-0.39, 0.29) is 5.82 Å². The predicted octanol–water partition coefficient (Wildman–Crippen LogP) is 0.925. The Kier molecular flexibility index (Phi) is 4.33. The molecule has 0 radical (unpaired) electrons. The highest BCUT2D eigenvalue weighted by Crippen LogP contribution is 2.28. The maximum absolute atomic E-state index is 5.85. The molecule has 1 atom stereocenters. The Balaban J connectivity index is 1.65. The quantitative estimate of drug-likeness (QED) is 0.605. The van der Waals surface area contributed by atoms with Crippen molar-refractivity contribution in [2.45, 2.75) is 38.9 Å². The molecule has 1 aliphatic rings. The number of anilines is 1. The Morgan fingerprint density at radius 2 is 2.32 bits per heavy atom. The maximum Gasteiger partial charge on any atom is 0.199 e. The van der Waals surface area contributed by atoms with Gasteiger partial charge in [0, 0.05) is 37.4 Å². The topological polar surface area (TPSA) is 120 Å². The fourth-order valence-electron chi connectivity index (χ4n) is 3.44. The lowest BCUT2D eigenvalue weighted by atomic mass is 10.2. The van der Waals surface area contributed by atoms with Gasteiger partial charge in [-0.1, -0.05) is 0 Å². The normalized spacial score (nSPS) is 17.6. The van der Waals surface area contributed by atoms with Gasteiger partial charge in [-0.25, -0.2) is 9.61 Å². The van der Waals surface area contributed by atoms with E-state index in [1.165, 1.54) is 12.8 Å². The first kappa shape index (κ1) is 16.0. The van der Waals surface area contributed by atoms with Gasteiger partial charge in [-0.2, -0.15) is 0 Å². The van der Waals surface area contributed by atoms with Crippen LogP contribution in [0.3, 0.4) is 0 Å². The van der Waals surface area contributed by atoms with Crippen LogP contribution < -0.4 is 16.4 Å². The molecule has 4 N–H and O–H groups in total. The van der Waals surface area contributed by atoms with Crippen molar-refractivity contribution in [2.24, 2.45) is 0 Å². The molecule has 0 aliphatic carbocycles. The van der Waals surface area contributed by atoms with E-state index in [0.717, 1.165) is 42.8 Å². The van der Waals surface area contributed by atoms with E-state index in [4.69, 9.17) is 10.4 Å². The van der Waals surface area contributed by atoms with Crippen molar-refractivity contribution < 1.29 is 4.63 Å². The molecule has 3 aromatic heterocycles. The van der Waals surface area contributed by atoms with Crippen molar-refractivity contribution in [3.8, 4) is 11.5 Å². The van der Waals surface area contributed by atoms with Crippen molar-refractivity contribution in [3.05, 3.63) is 18.0 Å². The van der Waals surface area contributed by atoms with Crippen LogP contribution in [0.2, 0.25) is 0 Å². The minimum Gasteiger partial charge on any atom is -0.379 e. The zero-order chi connectivity index (χ0) is 17.2. The van der Waals surface area contributed by atoms with Crippen molar-refractivity contribution in [2.75, 3.05) is 18.8 Å². The van der Waals surface area contributed by atoms with Crippen LogP contribution in [0.1, 0.15) is 25.3 Å². The number of aromatic nitrogens is 5. The molecule has 4 heterocycles. The third-order valence-corrected chi connectivity index (χ3v) is 4.64. The van der Waals surface area contributed by atoms with Crippen molar-refractivity contribution in [1.82, 2.24) is 35.5 Å². The minimum atomic E-state index is 0.241. The SMILES string of the molecule is CCn1c(-c2nonc2N)nc2cncc(CNCC3CCCN3)c21. The summed E-state index contributed by atoms with van der Waals surface area (Å²) < 4.78 is 6.82. The summed E-state index contributed by atoms with van der Waals surface area (Å²) in [5.74, 6) is 0.896. The second-order valence-corrected chi connectivity index (χ2v) is 6.27. The van der Waals surface area contributed by atoms with Crippen LogP contribution in [-0.4, -0.2) is 44.0 Å². The van der Waals surface area contributed by atoms with E-state index in [1.807, 2.05) is 6.20 Å². The Hall–Kier alpha value is -2.52. The molecule has 9 nitrogen and oxygen atoms in total. The van der Waals surface area contributed by atoms with E-state index in [9.17, 15) is 0 Å². The molecule has 3 aromatic rings. The summed E-state index contributed by atoms with van der Waals surface area (Å²) in [5, 5.41) is 14.6. The number of imidazole rings is 1. The molecule has 0 bridgehead atoms. The van der Waals surface area contributed by atoms with Crippen LogP contribution in [0.4, 0.5) is 5.82 Å². The first-order chi connectivity index (χ1) is 12.3. The van der Waals surface area contributed by atoms with E-state index in [2.05, 4.69) is 42.4 Å². The molecule has 1 saturated heterocycles. The van der Waals surface area contributed by atoms with Crippen LogP contribution in [-0.2, 0) is 13.1 Å². The number of rotatable bonds is 6. The summed E-state index contributed by atoms with van der Waals surface area (Å²) in [6, 6.07) is 0.555. The van der Waals surface area contributed by atoms with Gasteiger partial charge in [-0.3, -0.25) is 4.98 Å². The van der Waals surface area contributed by atoms with Gasteiger partial charge in [-0.15, -0.1) is 0 Å². The van der Waals surface area contributed by atoms with E-state index >= 15 is 0 Å². The average molecular weight is 342 g/mol. The minimum absolute atomic E-state index is 0.241. The van der Waals surface area contributed by atoms with Gasteiger partial charge in [0.05, 0.1) is 11.7 Å². The number of pyridine rings is 1. The van der Waals surface area contributed by atoms with Gasteiger partial charge in [0.1, 0.15) is 5.52 Å². The first-order valence-corrected chi connectivity index (χ1v) is 8.63. The number of nitrogens with one attached hydrogen (secondary N) is 2. The number of nitrogen functional groups attached to an aromatic ring is 1. The fraction of sp³-hybridized carbons (Fsp3) is 0.500. The lowest BCUT2D eigenvalue weighted by Gasteiger charge is -2.13. The number of nitrogens with zero attached hydrogens (tertiary/aromatic N) is 5. The molecule has 1 unspecified atom stereocenters. The third-order valence-electron chi connectivity index (χ3n) is 4.64. The Bertz CT molecular complexity index is 864. The zero-order valence-electron chi connectivity index (χ0n) is 14.2. The lowest BCUT2D eigenvalue weighted by molar-refractivity contribution is 0.310. The molecule has 0 saturated carbocycles. The van der Waals surface area contributed by atoms with E-state index in [0.29, 0.717) is 17.6 Å². The number of hydrogen-bond acceptors (Lipinski definition) is 8. The summed E-state index contributed by atoms with van der Waals surface area (Å²) in [7, 11) is 0. The van der Waals surface area contributed by atoms with Gasteiger partial charge in [0.2, 0.25) is 0 Å². The monoisotopic (exact) mass is 342 g/mol. The van der Waals surface area contributed by atoms with Gasteiger partial charge in [0.25, 0.3) is 0 Å². The number of fused-ring (bicyclic) bond motifs is 1. The standard InChI is InChI=1S/C16H22N8O/c1-2-24-14-10(6-18-8-11-4-3-5-20-11)7-19-9-12(14)21-16(24)13-15(17)23-25-22-13/h7,9,11,18,20H,2-6,8H2,1H3,(H2,17,23). The van der Waals surface area contributed by atoms with Crippen LogP contribution in [0.15, 0.2) is 17.0 Å². The van der Waals surface area contributed by atoms with Gasteiger partial charge < -0.3 is 20.9 Å². The summed E-state index contributed by atoms with van der Waals surface area (Å²) in [6.45, 7) is 5.60. The molecule has 25 heavy (non-hydrogen) atoms. The number of nitrogens with two attached hydrogens (primary N) is 1. The maximum atomic E-state index is 5.85.